The van der Waals surface area contributed by atoms with Crippen LogP contribution in [0.2, 0.25) is 0 Å². The lowest BCUT2D eigenvalue weighted by Gasteiger charge is -2.29. The van der Waals surface area contributed by atoms with E-state index in [1.807, 2.05) is 6.92 Å². The molecule has 2 fully saturated rings. The van der Waals surface area contributed by atoms with E-state index in [1.54, 1.807) is 12.3 Å². The molecule has 2 aliphatic rings. The Kier molecular flexibility index (Phi) is 3.10. The van der Waals surface area contributed by atoms with Crippen LogP contribution in [-0.4, -0.2) is 28.0 Å². The van der Waals surface area contributed by atoms with E-state index < -0.39 is 0 Å². The summed E-state index contributed by atoms with van der Waals surface area (Å²) in [5.74, 6) is 0.405. The van der Waals surface area contributed by atoms with Gasteiger partial charge in [0.25, 0.3) is 0 Å². The van der Waals surface area contributed by atoms with Crippen molar-refractivity contribution in [2.45, 2.75) is 50.7 Å². The maximum Gasteiger partial charge on any atom is 0.311 e. The van der Waals surface area contributed by atoms with E-state index in [0.717, 1.165) is 18.4 Å². The molecule has 0 spiro atoms. The van der Waals surface area contributed by atoms with Gasteiger partial charge in [-0.15, -0.1) is 0 Å². The number of hydrogen-bond acceptors (Lipinski definition) is 5. The van der Waals surface area contributed by atoms with Crippen molar-refractivity contribution in [3.8, 4) is 0 Å². The number of anilines is 1. The number of hydrogen-bond donors (Lipinski definition) is 2. The molecule has 3 heterocycles. The summed E-state index contributed by atoms with van der Waals surface area (Å²) in [7, 11) is 0. The zero-order chi connectivity index (χ0) is 13.4. The summed E-state index contributed by atoms with van der Waals surface area (Å²) in [4.78, 5) is 14.9. The molecule has 2 atom stereocenters. The molecule has 2 bridgehead atoms. The molecule has 102 valence electrons. The van der Waals surface area contributed by atoms with Gasteiger partial charge in [0.2, 0.25) is 5.82 Å². The van der Waals surface area contributed by atoms with Crippen LogP contribution in [0.1, 0.15) is 31.2 Å². The van der Waals surface area contributed by atoms with E-state index in [9.17, 15) is 10.1 Å². The highest BCUT2D eigenvalue weighted by Gasteiger charge is 2.34. The summed E-state index contributed by atoms with van der Waals surface area (Å²) in [6, 6.07) is 2.97. The first-order chi connectivity index (χ1) is 9.11. The van der Waals surface area contributed by atoms with Gasteiger partial charge in [0.15, 0.2) is 0 Å². The van der Waals surface area contributed by atoms with Crippen LogP contribution in [0.15, 0.2) is 12.3 Å². The third kappa shape index (κ3) is 2.53. The second-order valence-electron chi connectivity index (χ2n) is 5.59. The Hall–Kier alpha value is -1.69. The molecule has 1 aromatic rings. The summed E-state index contributed by atoms with van der Waals surface area (Å²) in [6.45, 7) is 1.81. The van der Waals surface area contributed by atoms with E-state index in [4.69, 9.17) is 0 Å². The summed E-state index contributed by atoms with van der Waals surface area (Å²) in [5, 5.41) is 17.9. The standard InChI is InChI=1S/C13H18N4O2/c1-8-4-12(17(18)19)13(14-7-8)16-11-5-9-2-3-10(6-11)15-9/h4,7,9-11,15H,2-3,5-6H2,1H3,(H,14,16). The zero-order valence-electron chi connectivity index (χ0n) is 10.9. The van der Waals surface area contributed by atoms with Crippen LogP contribution < -0.4 is 10.6 Å². The van der Waals surface area contributed by atoms with Crippen LogP contribution in [0.4, 0.5) is 11.5 Å². The molecule has 0 radical (unpaired) electrons. The monoisotopic (exact) mass is 262 g/mol. The summed E-state index contributed by atoms with van der Waals surface area (Å²) >= 11 is 0. The number of piperidine rings is 1. The molecule has 2 unspecified atom stereocenters. The number of rotatable bonds is 3. The molecule has 2 N–H and O–H groups in total. The molecule has 0 saturated carbocycles. The van der Waals surface area contributed by atoms with Crippen LogP contribution in [0, 0.1) is 17.0 Å². The molecule has 19 heavy (non-hydrogen) atoms. The molecule has 1 aromatic heterocycles. The highest BCUT2D eigenvalue weighted by molar-refractivity contribution is 5.57. The van der Waals surface area contributed by atoms with Gasteiger partial charge in [0.05, 0.1) is 4.92 Å². The fourth-order valence-electron chi connectivity index (χ4n) is 3.17. The highest BCUT2D eigenvalue weighted by atomic mass is 16.6. The maximum absolute atomic E-state index is 11.1. The Morgan fingerprint density at radius 3 is 2.74 bits per heavy atom. The molecular weight excluding hydrogens is 244 g/mol. The predicted molar refractivity (Wildman–Crippen MR) is 72.2 cm³/mol. The normalized spacial score (nSPS) is 29.2. The summed E-state index contributed by atoms with van der Waals surface area (Å²) in [5.41, 5.74) is 0.883. The minimum Gasteiger partial charge on any atom is -0.361 e. The summed E-state index contributed by atoms with van der Waals surface area (Å²) < 4.78 is 0. The highest BCUT2D eigenvalue weighted by Crippen LogP contribution is 2.30. The fourth-order valence-corrected chi connectivity index (χ4v) is 3.17. The Bertz CT molecular complexity index is 493. The Labute approximate surface area is 111 Å². The maximum atomic E-state index is 11.1. The van der Waals surface area contributed by atoms with Crippen molar-refractivity contribution < 1.29 is 4.92 Å². The number of fused-ring (bicyclic) bond motifs is 2. The molecule has 3 rings (SSSR count). The molecule has 2 aliphatic heterocycles. The quantitative estimate of drug-likeness (QED) is 0.643. The molecule has 6 nitrogen and oxygen atoms in total. The van der Waals surface area contributed by atoms with Crippen LogP contribution in [-0.2, 0) is 0 Å². The minimum absolute atomic E-state index is 0.0749. The molecule has 0 amide bonds. The van der Waals surface area contributed by atoms with Crippen LogP contribution in [0.5, 0.6) is 0 Å². The van der Waals surface area contributed by atoms with Crippen LogP contribution in [0.3, 0.4) is 0 Å². The van der Waals surface area contributed by atoms with Gasteiger partial charge >= 0.3 is 5.69 Å². The lowest BCUT2D eigenvalue weighted by atomic mass is 10.00. The van der Waals surface area contributed by atoms with Gasteiger partial charge in [-0.25, -0.2) is 4.98 Å². The van der Waals surface area contributed by atoms with E-state index in [0.29, 0.717) is 17.9 Å². The van der Waals surface area contributed by atoms with Crippen molar-refractivity contribution in [2.24, 2.45) is 0 Å². The predicted octanol–water partition coefficient (Wildman–Crippen LogP) is 1.99. The van der Waals surface area contributed by atoms with Crippen molar-refractivity contribution in [1.82, 2.24) is 10.3 Å². The van der Waals surface area contributed by atoms with Crippen LogP contribution >= 0.6 is 0 Å². The first-order valence-corrected chi connectivity index (χ1v) is 6.75. The molecule has 0 aliphatic carbocycles. The van der Waals surface area contributed by atoms with Crippen LogP contribution in [0.25, 0.3) is 0 Å². The number of aryl methyl sites for hydroxylation is 1. The first-order valence-electron chi connectivity index (χ1n) is 6.75. The van der Waals surface area contributed by atoms with Gasteiger partial charge in [-0.2, -0.15) is 0 Å². The zero-order valence-corrected chi connectivity index (χ0v) is 10.9. The lowest BCUT2D eigenvalue weighted by molar-refractivity contribution is -0.384. The minimum atomic E-state index is -0.363. The fraction of sp³-hybridized carbons (Fsp3) is 0.615. The largest absolute Gasteiger partial charge is 0.361 e. The Morgan fingerprint density at radius 1 is 1.42 bits per heavy atom. The van der Waals surface area contributed by atoms with Gasteiger partial charge in [0, 0.05) is 30.4 Å². The van der Waals surface area contributed by atoms with Crippen molar-refractivity contribution in [2.75, 3.05) is 5.32 Å². The van der Waals surface area contributed by atoms with Crippen molar-refractivity contribution >= 4 is 11.5 Å². The second kappa shape index (κ2) is 4.77. The topological polar surface area (TPSA) is 80.1 Å². The van der Waals surface area contributed by atoms with Gasteiger partial charge < -0.3 is 10.6 Å². The smallest absolute Gasteiger partial charge is 0.311 e. The number of aromatic nitrogens is 1. The average molecular weight is 262 g/mol. The number of pyridine rings is 1. The van der Waals surface area contributed by atoms with Crippen molar-refractivity contribution in [3.05, 3.63) is 27.9 Å². The number of nitrogens with one attached hydrogen (secondary N) is 2. The second-order valence-corrected chi connectivity index (χ2v) is 5.59. The lowest BCUT2D eigenvalue weighted by Crippen LogP contribution is -2.43. The molecule has 2 saturated heterocycles. The number of nitro groups is 1. The first kappa shape index (κ1) is 12.3. The van der Waals surface area contributed by atoms with Crippen molar-refractivity contribution in [1.29, 1.82) is 0 Å². The Morgan fingerprint density at radius 2 is 2.11 bits per heavy atom. The molecule has 0 aromatic carbocycles. The molecule has 6 heteroatoms. The third-order valence-electron chi connectivity index (χ3n) is 4.01. The van der Waals surface area contributed by atoms with Crippen molar-refractivity contribution in [3.63, 3.8) is 0 Å². The van der Waals surface area contributed by atoms with E-state index in [-0.39, 0.29) is 16.7 Å². The number of nitrogens with zero attached hydrogens (tertiary/aromatic N) is 2. The van der Waals surface area contributed by atoms with E-state index in [2.05, 4.69) is 15.6 Å². The van der Waals surface area contributed by atoms with E-state index >= 15 is 0 Å². The van der Waals surface area contributed by atoms with Gasteiger partial charge in [0.1, 0.15) is 0 Å². The van der Waals surface area contributed by atoms with Gasteiger partial charge in [-0.3, -0.25) is 10.1 Å². The average Bonchev–Trinajstić information content (AvgIpc) is 2.71. The SMILES string of the molecule is Cc1cnc(NC2CC3CCC(C2)N3)c([N+](=O)[O-])c1. The summed E-state index contributed by atoms with van der Waals surface area (Å²) in [6.07, 6.45) is 6.13. The molecular formula is C13H18N4O2. The van der Waals surface area contributed by atoms with Gasteiger partial charge in [-0.1, -0.05) is 0 Å². The van der Waals surface area contributed by atoms with Gasteiger partial charge in [-0.05, 0) is 38.2 Å². The Balaban J connectivity index is 1.78. The van der Waals surface area contributed by atoms with E-state index in [1.165, 1.54) is 12.8 Å². The third-order valence-corrected chi connectivity index (χ3v) is 4.01.